The van der Waals surface area contributed by atoms with E-state index in [1.807, 2.05) is 73.7 Å². The van der Waals surface area contributed by atoms with Crippen LogP contribution in [0, 0.1) is 0 Å². The Morgan fingerprint density at radius 3 is 2.08 bits per heavy atom. The van der Waals surface area contributed by atoms with Gasteiger partial charge in [0.15, 0.2) is 6.29 Å². The summed E-state index contributed by atoms with van der Waals surface area (Å²) in [6.45, 7) is 4.02. The van der Waals surface area contributed by atoms with Crippen molar-refractivity contribution < 1.29 is 23.7 Å². The molecule has 194 valence electrons. The SMILES string of the molecule is CCOC(=O)C(C=C(c1ccccc1)c1ccccc1)N(CCC1OCCCO1)c1ccc(OC)cc1. The van der Waals surface area contributed by atoms with Gasteiger partial charge < -0.3 is 23.8 Å². The third-order valence-corrected chi connectivity index (χ3v) is 6.26. The highest BCUT2D eigenvalue weighted by Gasteiger charge is 2.28. The highest BCUT2D eigenvalue weighted by molar-refractivity contribution is 5.89. The Kier molecular flexibility index (Phi) is 9.74. The zero-order chi connectivity index (χ0) is 25.9. The largest absolute Gasteiger partial charge is 0.497 e. The van der Waals surface area contributed by atoms with Crippen molar-refractivity contribution in [3.63, 3.8) is 0 Å². The average Bonchev–Trinajstić information content (AvgIpc) is 2.96. The number of hydrogen-bond acceptors (Lipinski definition) is 6. The summed E-state index contributed by atoms with van der Waals surface area (Å²) < 4.78 is 22.6. The summed E-state index contributed by atoms with van der Waals surface area (Å²) in [4.78, 5) is 15.6. The zero-order valence-corrected chi connectivity index (χ0v) is 21.5. The van der Waals surface area contributed by atoms with E-state index in [1.54, 1.807) is 7.11 Å². The number of anilines is 1. The molecule has 3 aromatic carbocycles. The van der Waals surface area contributed by atoms with E-state index in [-0.39, 0.29) is 12.3 Å². The van der Waals surface area contributed by atoms with E-state index in [1.165, 1.54) is 0 Å². The molecule has 0 spiro atoms. The van der Waals surface area contributed by atoms with E-state index in [0.29, 0.717) is 32.8 Å². The van der Waals surface area contributed by atoms with Crippen molar-refractivity contribution in [2.24, 2.45) is 0 Å². The second kappa shape index (κ2) is 13.6. The van der Waals surface area contributed by atoms with Crippen molar-refractivity contribution in [1.82, 2.24) is 0 Å². The van der Waals surface area contributed by atoms with Crippen LogP contribution in [0.25, 0.3) is 5.57 Å². The maximum Gasteiger partial charge on any atom is 0.332 e. The molecule has 4 rings (SSSR count). The van der Waals surface area contributed by atoms with Gasteiger partial charge in [-0.25, -0.2) is 4.79 Å². The Morgan fingerprint density at radius 2 is 1.54 bits per heavy atom. The van der Waals surface area contributed by atoms with Crippen LogP contribution in [0.5, 0.6) is 5.75 Å². The van der Waals surface area contributed by atoms with E-state index in [9.17, 15) is 4.79 Å². The second-order valence-electron chi connectivity index (χ2n) is 8.71. The van der Waals surface area contributed by atoms with Gasteiger partial charge in [0.1, 0.15) is 11.8 Å². The summed E-state index contributed by atoms with van der Waals surface area (Å²) >= 11 is 0. The van der Waals surface area contributed by atoms with Gasteiger partial charge in [0.25, 0.3) is 0 Å². The number of hydrogen-bond donors (Lipinski definition) is 0. The third-order valence-electron chi connectivity index (χ3n) is 6.26. The number of carbonyl (C=O) groups excluding carboxylic acids is 1. The van der Waals surface area contributed by atoms with Crippen LogP contribution in [0.15, 0.2) is 91.0 Å². The molecule has 1 fully saturated rings. The fraction of sp³-hybridized carbons (Fsp3) is 0.323. The first kappa shape index (κ1) is 26.5. The highest BCUT2D eigenvalue weighted by atomic mass is 16.7. The zero-order valence-electron chi connectivity index (χ0n) is 21.5. The van der Waals surface area contributed by atoms with Crippen LogP contribution in [0.2, 0.25) is 0 Å². The predicted octanol–water partition coefficient (Wildman–Crippen LogP) is 5.72. The smallest absolute Gasteiger partial charge is 0.332 e. The van der Waals surface area contributed by atoms with Gasteiger partial charge in [-0.2, -0.15) is 0 Å². The van der Waals surface area contributed by atoms with Crippen LogP contribution in [0.3, 0.4) is 0 Å². The van der Waals surface area contributed by atoms with Crippen molar-refractivity contribution in [2.45, 2.75) is 32.1 Å². The molecule has 0 aromatic heterocycles. The van der Waals surface area contributed by atoms with Gasteiger partial charge in [-0.3, -0.25) is 0 Å². The Morgan fingerprint density at radius 1 is 0.946 bits per heavy atom. The molecule has 1 aliphatic rings. The summed E-state index contributed by atoms with van der Waals surface area (Å²) in [5, 5.41) is 0. The molecule has 1 aliphatic heterocycles. The molecule has 1 saturated heterocycles. The van der Waals surface area contributed by atoms with Crippen LogP contribution in [-0.4, -0.2) is 51.8 Å². The van der Waals surface area contributed by atoms with Gasteiger partial charge >= 0.3 is 5.97 Å². The Bertz CT molecular complexity index is 1080. The highest BCUT2D eigenvalue weighted by Crippen LogP contribution is 2.29. The molecule has 0 bridgehead atoms. The number of carbonyl (C=O) groups is 1. The molecule has 1 atom stereocenters. The first-order valence-corrected chi connectivity index (χ1v) is 12.8. The molecule has 1 heterocycles. The summed E-state index contributed by atoms with van der Waals surface area (Å²) in [6.07, 6.45) is 3.21. The predicted molar refractivity (Wildman–Crippen MR) is 146 cm³/mol. The minimum Gasteiger partial charge on any atom is -0.497 e. The number of methoxy groups -OCH3 is 1. The fourth-order valence-corrected chi connectivity index (χ4v) is 4.42. The minimum atomic E-state index is -0.674. The van der Waals surface area contributed by atoms with Gasteiger partial charge in [-0.15, -0.1) is 0 Å². The summed E-state index contributed by atoms with van der Waals surface area (Å²) in [7, 11) is 1.64. The molecule has 0 aliphatic carbocycles. The lowest BCUT2D eigenvalue weighted by Crippen LogP contribution is -2.43. The molecule has 6 heteroatoms. The molecule has 6 nitrogen and oxygen atoms in total. The van der Waals surface area contributed by atoms with Crippen LogP contribution < -0.4 is 9.64 Å². The molecule has 37 heavy (non-hydrogen) atoms. The molecule has 3 aromatic rings. The number of benzene rings is 3. The van der Waals surface area contributed by atoms with Gasteiger partial charge in [-0.1, -0.05) is 60.7 Å². The molecule has 0 N–H and O–H groups in total. The Labute approximate surface area is 219 Å². The van der Waals surface area contributed by atoms with Crippen molar-refractivity contribution in [3.05, 3.63) is 102 Å². The van der Waals surface area contributed by atoms with Crippen molar-refractivity contribution in [2.75, 3.05) is 38.4 Å². The monoisotopic (exact) mass is 501 g/mol. The quantitative estimate of drug-likeness (QED) is 0.313. The number of nitrogens with zero attached hydrogens (tertiary/aromatic N) is 1. The number of esters is 1. The number of ether oxygens (including phenoxy) is 4. The molecule has 0 amide bonds. The van der Waals surface area contributed by atoms with E-state index in [0.717, 1.165) is 34.6 Å². The van der Waals surface area contributed by atoms with Crippen LogP contribution in [0.4, 0.5) is 5.69 Å². The van der Waals surface area contributed by atoms with Gasteiger partial charge in [0.2, 0.25) is 0 Å². The standard InChI is InChI=1S/C31H35NO5/c1-3-35-31(33)29(23-28(24-11-6-4-7-12-24)25-13-8-5-9-14-25)32(20-19-30-36-21-10-22-37-30)26-15-17-27(34-2)18-16-26/h4-9,11-18,23,29-30H,3,10,19-22H2,1-2H3. The van der Waals surface area contributed by atoms with Crippen molar-refractivity contribution in [1.29, 1.82) is 0 Å². The first-order valence-electron chi connectivity index (χ1n) is 12.8. The molecule has 0 radical (unpaired) electrons. The van der Waals surface area contributed by atoms with Crippen LogP contribution in [-0.2, 0) is 19.0 Å². The summed E-state index contributed by atoms with van der Waals surface area (Å²) in [5.41, 5.74) is 3.89. The normalized spacial score (nSPS) is 14.4. The van der Waals surface area contributed by atoms with Crippen LogP contribution >= 0.6 is 0 Å². The van der Waals surface area contributed by atoms with E-state index in [4.69, 9.17) is 18.9 Å². The van der Waals surface area contributed by atoms with E-state index >= 15 is 0 Å². The second-order valence-corrected chi connectivity index (χ2v) is 8.71. The lowest BCUT2D eigenvalue weighted by molar-refractivity contribution is -0.180. The van der Waals surface area contributed by atoms with E-state index in [2.05, 4.69) is 29.2 Å². The van der Waals surface area contributed by atoms with Crippen molar-refractivity contribution >= 4 is 17.2 Å². The Balaban J connectivity index is 1.78. The molecule has 1 unspecified atom stereocenters. The Hall–Kier alpha value is -3.61. The first-order chi connectivity index (χ1) is 18.2. The molecule has 0 saturated carbocycles. The fourth-order valence-electron chi connectivity index (χ4n) is 4.42. The van der Waals surface area contributed by atoms with E-state index < -0.39 is 6.04 Å². The van der Waals surface area contributed by atoms with Gasteiger partial charge in [0, 0.05) is 18.7 Å². The lowest BCUT2D eigenvalue weighted by atomic mass is 9.95. The average molecular weight is 502 g/mol. The minimum absolute atomic E-state index is 0.292. The third kappa shape index (κ3) is 7.21. The topological polar surface area (TPSA) is 57.2 Å². The summed E-state index contributed by atoms with van der Waals surface area (Å²) in [5.74, 6) is 0.438. The van der Waals surface area contributed by atoms with Gasteiger partial charge in [0.05, 0.1) is 26.9 Å². The van der Waals surface area contributed by atoms with Crippen molar-refractivity contribution in [3.8, 4) is 5.75 Å². The number of rotatable bonds is 11. The lowest BCUT2D eigenvalue weighted by Gasteiger charge is -2.33. The maximum absolute atomic E-state index is 13.5. The maximum atomic E-state index is 13.5. The van der Waals surface area contributed by atoms with Gasteiger partial charge in [-0.05, 0) is 60.4 Å². The molecular weight excluding hydrogens is 466 g/mol. The summed E-state index contributed by atoms with van der Waals surface area (Å²) in [6, 6.07) is 27.3. The van der Waals surface area contributed by atoms with Crippen LogP contribution in [0.1, 0.15) is 30.9 Å². The molecular formula is C31H35NO5.